The van der Waals surface area contributed by atoms with E-state index >= 15 is 0 Å². The largest absolute Gasteiger partial charge is 0.377 e. The van der Waals surface area contributed by atoms with Gasteiger partial charge in [0, 0.05) is 30.3 Å². The molecule has 0 radical (unpaired) electrons. The zero-order valence-corrected chi connectivity index (χ0v) is 12.2. The standard InChI is InChI=1S/C17H18N4/c1-13(20-17-4-3-9-19-14(17)2)15-5-7-16(8-6-15)21-11-10-18-12-21/h3-13,20H,1-2H3. The fourth-order valence-electron chi connectivity index (χ4n) is 2.30. The van der Waals surface area contributed by atoms with E-state index in [2.05, 4.69) is 52.5 Å². The Balaban J connectivity index is 1.76. The smallest absolute Gasteiger partial charge is 0.0991 e. The lowest BCUT2D eigenvalue weighted by Crippen LogP contribution is -2.08. The van der Waals surface area contributed by atoms with Crippen molar-refractivity contribution in [2.75, 3.05) is 5.32 Å². The number of pyridine rings is 1. The minimum absolute atomic E-state index is 0.227. The summed E-state index contributed by atoms with van der Waals surface area (Å²) in [5.74, 6) is 0. The van der Waals surface area contributed by atoms with Gasteiger partial charge in [-0.3, -0.25) is 4.98 Å². The molecule has 0 fully saturated rings. The summed E-state index contributed by atoms with van der Waals surface area (Å²) in [7, 11) is 0. The number of benzene rings is 1. The number of hydrogen-bond acceptors (Lipinski definition) is 3. The molecule has 4 nitrogen and oxygen atoms in total. The van der Waals surface area contributed by atoms with Crippen LogP contribution in [-0.4, -0.2) is 14.5 Å². The second-order valence-electron chi connectivity index (χ2n) is 5.06. The van der Waals surface area contributed by atoms with Crippen LogP contribution in [0.2, 0.25) is 0 Å². The highest BCUT2D eigenvalue weighted by atomic mass is 15.0. The summed E-state index contributed by atoms with van der Waals surface area (Å²) in [4.78, 5) is 8.37. The minimum Gasteiger partial charge on any atom is -0.377 e. The lowest BCUT2D eigenvalue weighted by Gasteiger charge is -2.17. The van der Waals surface area contributed by atoms with E-state index in [-0.39, 0.29) is 6.04 Å². The van der Waals surface area contributed by atoms with Gasteiger partial charge in [-0.1, -0.05) is 12.1 Å². The predicted octanol–water partition coefficient (Wildman–Crippen LogP) is 3.75. The van der Waals surface area contributed by atoms with E-state index in [1.807, 2.05) is 30.0 Å². The molecule has 2 heterocycles. The second-order valence-corrected chi connectivity index (χ2v) is 5.06. The van der Waals surface area contributed by atoms with E-state index < -0.39 is 0 Å². The van der Waals surface area contributed by atoms with Crippen LogP contribution in [0.1, 0.15) is 24.2 Å². The van der Waals surface area contributed by atoms with Crippen LogP contribution in [0.5, 0.6) is 0 Å². The first-order valence-electron chi connectivity index (χ1n) is 7.00. The summed E-state index contributed by atoms with van der Waals surface area (Å²) in [6.07, 6.45) is 7.33. The van der Waals surface area contributed by atoms with E-state index in [1.54, 1.807) is 12.5 Å². The van der Waals surface area contributed by atoms with Crippen molar-refractivity contribution >= 4 is 5.69 Å². The Hall–Kier alpha value is -2.62. The second kappa shape index (κ2) is 5.79. The van der Waals surface area contributed by atoms with Gasteiger partial charge in [-0.25, -0.2) is 4.98 Å². The third-order valence-corrected chi connectivity index (χ3v) is 3.57. The van der Waals surface area contributed by atoms with Crippen molar-refractivity contribution in [3.05, 3.63) is 72.6 Å². The SMILES string of the molecule is Cc1ncccc1NC(C)c1ccc(-n2ccnc2)cc1. The van der Waals surface area contributed by atoms with Gasteiger partial charge in [-0.05, 0) is 43.7 Å². The molecule has 2 aromatic heterocycles. The van der Waals surface area contributed by atoms with Gasteiger partial charge >= 0.3 is 0 Å². The Morgan fingerprint density at radius 1 is 1.10 bits per heavy atom. The molecule has 3 aromatic rings. The van der Waals surface area contributed by atoms with Crippen LogP contribution in [0.25, 0.3) is 5.69 Å². The van der Waals surface area contributed by atoms with Crippen LogP contribution >= 0.6 is 0 Å². The molecule has 1 atom stereocenters. The van der Waals surface area contributed by atoms with Crippen molar-refractivity contribution in [3.63, 3.8) is 0 Å². The van der Waals surface area contributed by atoms with E-state index in [0.29, 0.717) is 0 Å². The van der Waals surface area contributed by atoms with Crippen molar-refractivity contribution in [1.82, 2.24) is 14.5 Å². The van der Waals surface area contributed by atoms with E-state index in [9.17, 15) is 0 Å². The number of aryl methyl sites for hydroxylation is 1. The van der Waals surface area contributed by atoms with E-state index in [0.717, 1.165) is 17.1 Å². The highest BCUT2D eigenvalue weighted by molar-refractivity contribution is 5.49. The maximum Gasteiger partial charge on any atom is 0.0991 e. The summed E-state index contributed by atoms with van der Waals surface area (Å²) >= 11 is 0. The van der Waals surface area contributed by atoms with Gasteiger partial charge in [0.05, 0.1) is 17.7 Å². The van der Waals surface area contributed by atoms with Crippen LogP contribution in [0.4, 0.5) is 5.69 Å². The zero-order valence-electron chi connectivity index (χ0n) is 12.2. The molecule has 21 heavy (non-hydrogen) atoms. The summed E-state index contributed by atoms with van der Waals surface area (Å²) in [6, 6.07) is 12.7. The summed E-state index contributed by atoms with van der Waals surface area (Å²) in [6.45, 7) is 4.16. The monoisotopic (exact) mass is 278 g/mol. The quantitative estimate of drug-likeness (QED) is 0.790. The minimum atomic E-state index is 0.227. The molecule has 1 unspecified atom stereocenters. The van der Waals surface area contributed by atoms with Gasteiger partial charge in [-0.2, -0.15) is 0 Å². The molecule has 4 heteroatoms. The fraction of sp³-hybridized carbons (Fsp3) is 0.176. The summed E-state index contributed by atoms with van der Waals surface area (Å²) in [5.41, 5.74) is 4.44. The molecule has 0 saturated heterocycles. The van der Waals surface area contributed by atoms with Gasteiger partial charge in [0.25, 0.3) is 0 Å². The van der Waals surface area contributed by atoms with Crippen LogP contribution in [0.15, 0.2) is 61.3 Å². The van der Waals surface area contributed by atoms with Crippen LogP contribution in [-0.2, 0) is 0 Å². The third kappa shape index (κ3) is 2.94. The molecule has 1 N–H and O–H groups in total. The maximum atomic E-state index is 4.30. The third-order valence-electron chi connectivity index (χ3n) is 3.57. The number of imidazole rings is 1. The van der Waals surface area contributed by atoms with Crippen molar-refractivity contribution in [3.8, 4) is 5.69 Å². The summed E-state index contributed by atoms with van der Waals surface area (Å²) in [5, 5.41) is 3.50. The fourth-order valence-corrected chi connectivity index (χ4v) is 2.30. The molecule has 106 valence electrons. The first kappa shape index (κ1) is 13.4. The lowest BCUT2D eigenvalue weighted by atomic mass is 10.1. The van der Waals surface area contributed by atoms with Crippen molar-refractivity contribution < 1.29 is 0 Å². The highest BCUT2D eigenvalue weighted by Gasteiger charge is 2.07. The Kier molecular flexibility index (Phi) is 3.69. The van der Waals surface area contributed by atoms with Crippen LogP contribution in [0.3, 0.4) is 0 Å². The number of aromatic nitrogens is 3. The van der Waals surface area contributed by atoms with Gasteiger partial charge in [-0.15, -0.1) is 0 Å². The highest BCUT2D eigenvalue weighted by Crippen LogP contribution is 2.21. The molecule has 3 rings (SSSR count). The Morgan fingerprint density at radius 2 is 1.90 bits per heavy atom. The molecule has 0 aliphatic carbocycles. The number of hydrogen-bond donors (Lipinski definition) is 1. The summed E-state index contributed by atoms with van der Waals surface area (Å²) < 4.78 is 1.99. The molecule has 0 aliphatic heterocycles. The number of anilines is 1. The topological polar surface area (TPSA) is 42.7 Å². The van der Waals surface area contributed by atoms with Gasteiger partial charge in [0.1, 0.15) is 0 Å². The maximum absolute atomic E-state index is 4.30. The number of rotatable bonds is 4. The van der Waals surface area contributed by atoms with Crippen molar-refractivity contribution in [1.29, 1.82) is 0 Å². The van der Waals surface area contributed by atoms with Crippen molar-refractivity contribution in [2.45, 2.75) is 19.9 Å². The number of nitrogens with one attached hydrogen (secondary N) is 1. The molecular weight excluding hydrogens is 260 g/mol. The van der Waals surface area contributed by atoms with Gasteiger partial charge in [0.2, 0.25) is 0 Å². The van der Waals surface area contributed by atoms with Crippen molar-refractivity contribution in [2.24, 2.45) is 0 Å². The average molecular weight is 278 g/mol. The van der Waals surface area contributed by atoms with Gasteiger partial charge in [0.15, 0.2) is 0 Å². The first-order valence-corrected chi connectivity index (χ1v) is 7.00. The molecule has 0 spiro atoms. The molecular formula is C17H18N4. The molecule has 0 amide bonds. The predicted molar refractivity (Wildman–Crippen MR) is 84.6 cm³/mol. The van der Waals surface area contributed by atoms with E-state index in [4.69, 9.17) is 0 Å². The zero-order chi connectivity index (χ0) is 14.7. The molecule has 0 aliphatic rings. The lowest BCUT2D eigenvalue weighted by molar-refractivity contribution is 0.877. The Labute approximate surface area is 124 Å². The molecule has 1 aromatic carbocycles. The normalized spacial score (nSPS) is 12.1. The van der Waals surface area contributed by atoms with Crippen LogP contribution < -0.4 is 5.32 Å². The Morgan fingerprint density at radius 3 is 2.57 bits per heavy atom. The van der Waals surface area contributed by atoms with Crippen LogP contribution in [0, 0.1) is 6.92 Å². The average Bonchev–Trinajstić information content (AvgIpc) is 3.04. The van der Waals surface area contributed by atoms with Gasteiger partial charge < -0.3 is 9.88 Å². The molecule has 0 bridgehead atoms. The first-order chi connectivity index (χ1) is 10.2. The molecule has 0 saturated carbocycles. The number of nitrogens with zero attached hydrogens (tertiary/aromatic N) is 3. The van der Waals surface area contributed by atoms with E-state index in [1.165, 1.54) is 5.56 Å². The Bertz CT molecular complexity index is 702.